The van der Waals surface area contributed by atoms with E-state index < -0.39 is 30.5 Å². The minimum absolute atomic E-state index is 0.300. The summed E-state index contributed by atoms with van der Waals surface area (Å²) in [6.07, 6.45) is -1.31. The SMILES string of the molecule is CC(NC(=O)COC(=O)CC1Oc2ccccc2NC1=O)c1ccc2c(c1)OCCO2. The molecule has 2 aromatic carbocycles. The van der Waals surface area contributed by atoms with Gasteiger partial charge >= 0.3 is 5.97 Å². The second-order valence-electron chi connectivity index (χ2n) is 7.15. The molecule has 2 amide bonds. The number of hydrogen-bond acceptors (Lipinski definition) is 7. The van der Waals surface area contributed by atoms with E-state index in [2.05, 4.69) is 10.6 Å². The molecule has 2 aliphatic heterocycles. The lowest BCUT2D eigenvalue weighted by Gasteiger charge is -2.25. The normalized spacial score (nSPS) is 17.5. The standard InChI is InChI=1S/C22H22N2O7/c1-13(14-6-7-17-18(10-14)29-9-8-28-17)23-20(25)12-30-21(26)11-19-22(27)24-15-4-2-3-5-16(15)31-19/h2-7,10,13,19H,8-9,11-12H2,1H3,(H,23,25)(H,24,27). The van der Waals surface area contributed by atoms with Crippen molar-refractivity contribution in [3.05, 3.63) is 48.0 Å². The number of ether oxygens (including phenoxy) is 4. The summed E-state index contributed by atoms with van der Waals surface area (Å²) in [5, 5.41) is 5.44. The van der Waals surface area contributed by atoms with Gasteiger partial charge in [-0.1, -0.05) is 18.2 Å². The van der Waals surface area contributed by atoms with Crippen molar-refractivity contribution in [1.82, 2.24) is 5.32 Å². The van der Waals surface area contributed by atoms with Gasteiger partial charge in [0.1, 0.15) is 19.0 Å². The first-order chi connectivity index (χ1) is 15.0. The average Bonchev–Trinajstić information content (AvgIpc) is 2.78. The molecule has 0 aliphatic carbocycles. The molecule has 0 saturated carbocycles. The Hall–Kier alpha value is -3.75. The van der Waals surface area contributed by atoms with Crippen molar-refractivity contribution in [1.29, 1.82) is 0 Å². The summed E-state index contributed by atoms with van der Waals surface area (Å²) in [6.45, 7) is 2.33. The molecule has 2 unspecified atom stereocenters. The summed E-state index contributed by atoms with van der Waals surface area (Å²) in [5.74, 6) is 0.164. The Morgan fingerprint density at radius 2 is 1.90 bits per heavy atom. The molecule has 0 bridgehead atoms. The Morgan fingerprint density at radius 1 is 1.13 bits per heavy atom. The molecule has 4 rings (SSSR count). The van der Waals surface area contributed by atoms with Crippen LogP contribution in [0.5, 0.6) is 17.2 Å². The lowest BCUT2D eigenvalue weighted by atomic mass is 10.1. The van der Waals surface area contributed by atoms with E-state index in [-0.39, 0.29) is 12.5 Å². The molecular weight excluding hydrogens is 404 g/mol. The number of nitrogens with one attached hydrogen (secondary N) is 2. The Bertz CT molecular complexity index is 1010. The van der Waals surface area contributed by atoms with Crippen molar-refractivity contribution >= 4 is 23.5 Å². The lowest BCUT2D eigenvalue weighted by molar-refractivity contribution is -0.151. The number of anilines is 1. The van der Waals surface area contributed by atoms with Crippen LogP contribution >= 0.6 is 0 Å². The number of fused-ring (bicyclic) bond motifs is 2. The molecule has 9 nitrogen and oxygen atoms in total. The zero-order valence-corrected chi connectivity index (χ0v) is 16.9. The van der Waals surface area contributed by atoms with Crippen LogP contribution in [0.1, 0.15) is 24.9 Å². The molecule has 2 aromatic rings. The smallest absolute Gasteiger partial charge is 0.310 e. The fraction of sp³-hybridized carbons (Fsp3) is 0.318. The van der Waals surface area contributed by atoms with Gasteiger partial charge in [-0.3, -0.25) is 14.4 Å². The lowest BCUT2D eigenvalue weighted by Crippen LogP contribution is -2.39. The topological polar surface area (TPSA) is 112 Å². The molecule has 9 heteroatoms. The molecule has 162 valence electrons. The van der Waals surface area contributed by atoms with Gasteiger partial charge in [-0.2, -0.15) is 0 Å². The summed E-state index contributed by atoms with van der Waals surface area (Å²) in [6, 6.07) is 12.0. The predicted molar refractivity (Wildman–Crippen MR) is 109 cm³/mol. The van der Waals surface area contributed by atoms with Crippen molar-refractivity contribution in [2.45, 2.75) is 25.5 Å². The highest BCUT2D eigenvalue weighted by atomic mass is 16.6. The molecule has 0 spiro atoms. The Kier molecular flexibility index (Phi) is 5.92. The zero-order valence-electron chi connectivity index (χ0n) is 16.9. The predicted octanol–water partition coefficient (Wildman–Crippen LogP) is 1.97. The van der Waals surface area contributed by atoms with Crippen LogP contribution in [0.3, 0.4) is 0 Å². The minimum atomic E-state index is -1.01. The van der Waals surface area contributed by atoms with Crippen LogP contribution in [0.4, 0.5) is 5.69 Å². The molecule has 2 atom stereocenters. The van der Waals surface area contributed by atoms with E-state index in [9.17, 15) is 14.4 Å². The summed E-state index contributed by atoms with van der Waals surface area (Å²) in [7, 11) is 0. The van der Waals surface area contributed by atoms with E-state index in [1.165, 1.54) is 0 Å². The number of benzene rings is 2. The van der Waals surface area contributed by atoms with E-state index in [0.717, 1.165) is 5.56 Å². The van der Waals surface area contributed by atoms with Gasteiger partial charge in [-0.15, -0.1) is 0 Å². The van der Waals surface area contributed by atoms with Gasteiger partial charge in [0.15, 0.2) is 24.2 Å². The van der Waals surface area contributed by atoms with E-state index >= 15 is 0 Å². The van der Waals surface area contributed by atoms with E-state index in [0.29, 0.717) is 36.1 Å². The van der Waals surface area contributed by atoms with E-state index in [4.69, 9.17) is 18.9 Å². The maximum absolute atomic E-state index is 12.2. The number of hydrogen-bond donors (Lipinski definition) is 2. The summed E-state index contributed by atoms with van der Waals surface area (Å²) in [5.41, 5.74) is 1.37. The zero-order chi connectivity index (χ0) is 21.8. The van der Waals surface area contributed by atoms with Crippen molar-refractivity contribution in [2.24, 2.45) is 0 Å². The van der Waals surface area contributed by atoms with E-state index in [1.807, 2.05) is 19.1 Å². The fourth-order valence-corrected chi connectivity index (χ4v) is 3.28. The van der Waals surface area contributed by atoms with Gasteiger partial charge in [-0.25, -0.2) is 0 Å². The molecule has 2 aliphatic rings. The number of esters is 1. The van der Waals surface area contributed by atoms with Crippen molar-refractivity contribution in [3.8, 4) is 17.2 Å². The van der Waals surface area contributed by atoms with Crippen molar-refractivity contribution in [3.63, 3.8) is 0 Å². The number of carbonyl (C=O) groups excluding carboxylic acids is 3. The minimum Gasteiger partial charge on any atom is -0.486 e. The molecule has 31 heavy (non-hydrogen) atoms. The number of amides is 2. The molecule has 0 aromatic heterocycles. The van der Waals surface area contributed by atoms with Gasteiger partial charge in [0, 0.05) is 0 Å². The average molecular weight is 426 g/mol. The van der Waals surface area contributed by atoms with Crippen LogP contribution in [-0.4, -0.2) is 43.7 Å². The first kappa shape index (κ1) is 20.5. The third-order valence-electron chi connectivity index (χ3n) is 4.87. The van der Waals surface area contributed by atoms with Gasteiger partial charge < -0.3 is 29.6 Å². The van der Waals surface area contributed by atoms with Crippen LogP contribution < -0.4 is 24.8 Å². The second kappa shape index (κ2) is 8.95. The highest BCUT2D eigenvalue weighted by Crippen LogP contribution is 2.32. The summed E-state index contributed by atoms with van der Waals surface area (Å²) >= 11 is 0. The van der Waals surface area contributed by atoms with Crippen LogP contribution in [0, 0.1) is 0 Å². The monoisotopic (exact) mass is 426 g/mol. The quantitative estimate of drug-likeness (QED) is 0.679. The van der Waals surface area contributed by atoms with Crippen molar-refractivity contribution in [2.75, 3.05) is 25.1 Å². The molecule has 0 saturated heterocycles. The van der Waals surface area contributed by atoms with Crippen LogP contribution in [0.2, 0.25) is 0 Å². The largest absolute Gasteiger partial charge is 0.486 e. The maximum atomic E-state index is 12.2. The Labute approximate surface area is 178 Å². The summed E-state index contributed by atoms with van der Waals surface area (Å²) < 4.78 is 21.6. The van der Waals surface area contributed by atoms with Crippen LogP contribution in [-0.2, 0) is 19.1 Å². The highest BCUT2D eigenvalue weighted by molar-refractivity contribution is 5.99. The number of rotatable bonds is 6. The second-order valence-corrected chi connectivity index (χ2v) is 7.15. The van der Waals surface area contributed by atoms with Gasteiger partial charge in [0.2, 0.25) is 0 Å². The Balaban J connectivity index is 1.25. The molecule has 0 radical (unpaired) electrons. The molecule has 0 fully saturated rings. The highest BCUT2D eigenvalue weighted by Gasteiger charge is 2.30. The third kappa shape index (κ3) is 4.88. The molecule has 2 N–H and O–H groups in total. The van der Waals surface area contributed by atoms with Crippen LogP contribution in [0.25, 0.3) is 0 Å². The summed E-state index contributed by atoms with van der Waals surface area (Å²) in [4.78, 5) is 36.4. The first-order valence-corrected chi connectivity index (χ1v) is 9.90. The van der Waals surface area contributed by atoms with Gasteiger partial charge in [0.25, 0.3) is 11.8 Å². The van der Waals surface area contributed by atoms with Crippen LogP contribution in [0.15, 0.2) is 42.5 Å². The number of carbonyl (C=O) groups is 3. The first-order valence-electron chi connectivity index (χ1n) is 9.90. The third-order valence-corrected chi connectivity index (χ3v) is 4.87. The van der Waals surface area contributed by atoms with Gasteiger partial charge in [0.05, 0.1) is 18.2 Å². The molecule has 2 heterocycles. The van der Waals surface area contributed by atoms with Gasteiger partial charge in [-0.05, 0) is 36.8 Å². The van der Waals surface area contributed by atoms with Crippen molar-refractivity contribution < 1.29 is 33.3 Å². The maximum Gasteiger partial charge on any atom is 0.310 e. The Morgan fingerprint density at radius 3 is 2.74 bits per heavy atom. The fourth-order valence-electron chi connectivity index (χ4n) is 3.28. The molecular formula is C22H22N2O7. The van der Waals surface area contributed by atoms with E-state index in [1.54, 1.807) is 30.3 Å². The number of para-hydroxylation sites is 2.